The van der Waals surface area contributed by atoms with E-state index in [2.05, 4.69) is 198 Å². The molecule has 2 unspecified atom stereocenters. The number of fused-ring (bicyclic) bond motifs is 11. The van der Waals surface area contributed by atoms with Gasteiger partial charge in [0.1, 0.15) is 0 Å². The Kier molecular flexibility index (Phi) is 6.06. The molecule has 0 saturated carbocycles. The van der Waals surface area contributed by atoms with Crippen molar-refractivity contribution in [2.75, 3.05) is 0 Å². The van der Waals surface area contributed by atoms with Crippen LogP contribution < -0.4 is 0 Å². The number of benzene rings is 8. The van der Waals surface area contributed by atoms with E-state index in [0.29, 0.717) is 0 Å². The molecule has 0 amide bonds. The minimum absolute atomic E-state index is 0.216. The lowest BCUT2D eigenvalue weighted by Gasteiger charge is -2.29. The summed E-state index contributed by atoms with van der Waals surface area (Å²) >= 11 is 0. The average Bonchev–Trinajstić information content (AvgIpc) is 3.85. The summed E-state index contributed by atoms with van der Waals surface area (Å²) in [6.45, 7) is 2.32. The van der Waals surface area contributed by atoms with E-state index in [4.69, 9.17) is 9.97 Å². The lowest BCUT2D eigenvalue weighted by molar-refractivity contribution is 0.535. The van der Waals surface area contributed by atoms with Crippen LogP contribution in [0, 0.1) is 0 Å². The lowest BCUT2D eigenvalue weighted by atomic mass is 9.74. The highest BCUT2D eigenvalue weighted by Crippen LogP contribution is 2.53. The molecule has 13 rings (SSSR count). The second-order valence-electron chi connectivity index (χ2n) is 16.0. The van der Waals surface area contributed by atoms with Gasteiger partial charge in [0.05, 0.1) is 33.3 Å². The highest BCUT2D eigenvalue weighted by atomic mass is 15.2. The van der Waals surface area contributed by atoms with E-state index in [0.717, 1.165) is 28.2 Å². The molecule has 4 heteroatoms. The molecule has 3 aromatic heterocycles. The molecule has 57 heavy (non-hydrogen) atoms. The molecule has 8 aromatic carbocycles. The van der Waals surface area contributed by atoms with Crippen LogP contribution >= 0.6 is 0 Å². The quantitative estimate of drug-likeness (QED) is 0.182. The highest BCUT2D eigenvalue weighted by Gasteiger charge is 2.44. The maximum Gasteiger partial charge on any atom is 0.235 e. The molecule has 2 aliphatic rings. The van der Waals surface area contributed by atoms with Gasteiger partial charge in [-0.3, -0.25) is 4.57 Å². The molecule has 0 saturated heterocycles. The van der Waals surface area contributed by atoms with Gasteiger partial charge < -0.3 is 4.57 Å². The standard InChI is InChI=1S/C53H34N4/c1-53-25-10-9-17-44(53)41-16-11-18-45-50(41)51(53)55-52(54-45)57-47-20-8-6-15-40(47)43-29-37-27-33(22-24-35(37)31-49(43)57)32-21-23-34-30-48-42(28-36(34)26-32)39-14-5-7-19-46(39)56(48)38-12-3-2-4-13-38/h2-31,44H,1H3. The lowest BCUT2D eigenvalue weighted by Crippen LogP contribution is -2.25. The summed E-state index contributed by atoms with van der Waals surface area (Å²) in [5, 5.41) is 11.0. The molecule has 0 fully saturated rings. The minimum atomic E-state index is -0.216. The second kappa shape index (κ2) is 11.1. The Morgan fingerprint density at radius 1 is 0.491 bits per heavy atom. The number of hydrogen-bond donors (Lipinski definition) is 0. The molecule has 3 heterocycles. The number of hydrogen-bond acceptors (Lipinski definition) is 2. The fraction of sp³-hybridized carbons (Fsp3) is 0.0566. The summed E-state index contributed by atoms with van der Waals surface area (Å²) in [5.74, 6) is 0.978. The maximum atomic E-state index is 5.45. The zero-order chi connectivity index (χ0) is 37.4. The van der Waals surface area contributed by atoms with Crippen LogP contribution in [0.15, 0.2) is 182 Å². The van der Waals surface area contributed by atoms with E-state index in [9.17, 15) is 0 Å². The number of para-hydroxylation sites is 3. The van der Waals surface area contributed by atoms with Crippen LogP contribution in [0.1, 0.15) is 24.1 Å². The van der Waals surface area contributed by atoms with Gasteiger partial charge in [-0.2, -0.15) is 0 Å². The van der Waals surface area contributed by atoms with Crippen LogP contribution in [0.5, 0.6) is 0 Å². The second-order valence-corrected chi connectivity index (χ2v) is 16.0. The summed E-state index contributed by atoms with van der Waals surface area (Å²) < 4.78 is 4.66. The Bertz CT molecular complexity index is 3600. The first kappa shape index (κ1) is 31.0. The molecular weight excluding hydrogens is 693 g/mol. The average molecular weight is 727 g/mol. The van der Waals surface area contributed by atoms with Crippen LogP contribution in [0.2, 0.25) is 0 Å². The van der Waals surface area contributed by atoms with Gasteiger partial charge in [-0.15, -0.1) is 0 Å². The van der Waals surface area contributed by atoms with Gasteiger partial charge in [-0.05, 0) is 112 Å². The molecule has 0 bridgehead atoms. The van der Waals surface area contributed by atoms with Crippen molar-refractivity contribution in [3.05, 3.63) is 193 Å². The van der Waals surface area contributed by atoms with E-state index in [1.54, 1.807) is 0 Å². The summed E-state index contributed by atoms with van der Waals surface area (Å²) in [5.41, 5.74) is 11.5. The smallest absolute Gasteiger partial charge is 0.235 e. The van der Waals surface area contributed by atoms with E-state index in [-0.39, 0.29) is 11.3 Å². The van der Waals surface area contributed by atoms with Crippen LogP contribution in [0.4, 0.5) is 0 Å². The van der Waals surface area contributed by atoms with E-state index in [1.807, 2.05) is 0 Å². The van der Waals surface area contributed by atoms with E-state index >= 15 is 0 Å². The van der Waals surface area contributed by atoms with Gasteiger partial charge in [0.2, 0.25) is 5.95 Å². The van der Waals surface area contributed by atoms with Crippen LogP contribution in [0.25, 0.3) is 98.8 Å². The maximum absolute atomic E-state index is 5.45. The van der Waals surface area contributed by atoms with Crippen molar-refractivity contribution >= 4 is 76.1 Å². The molecule has 0 radical (unpaired) electrons. The molecule has 2 aliphatic carbocycles. The molecular formula is C53H34N4. The first-order valence-electron chi connectivity index (χ1n) is 19.8. The predicted octanol–water partition coefficient (Wildman–Crippen LogP) is 13.3. The van der Waals surface area contributed by atoms with Gasteiger partial charge >= 0.3 is 0 Å². The predicted molar refractivity (Wildman–Crippen MR) is 237 cm³/mol. The SMILES string of the molecule is CC12C=CC=CC1c1cccc3nc(-n4c5ccccc5c5cc6cc(-c7ccc8cc9c(cc8c7)c7ccccc7n9-c7ccccc7)ccc6cc54)nc2c13. The first-order chi connectivity index (χ1) is 28.1. The van der Waals surface area contributed by atoms with Crippen molar-refractivity contribution in [2.24, 2.45) is 0 Å². The third-order valence-electron chi connectivity index (χ3n) is 12.9. The largest absolute Gasteiger partial charge is 0.309 e. The minimum Gasteiger partial charge on any atom is -0.309 e. The first-order valence-corrected chi connectivity index (χ1v) is 19.8. The molecule has 11 aromatic rings. The van der Waals surface area contributed by atoms with Gasteiger partial charge in [0.15, 0.2) is 0 Å². The molecule has 0 aliphatic heterocycles. The van der Waals surface area contributed by atoms with E-state index in [1.165, 1.54) is 81.9 Å². The highest BCUT2D eigenvalue weighted by molar-refractivity contribution is 6.15. The summed E-state index contributed by atoms with van der Waals surface area (Å²) in [6.07, 6.45) is 8.97. The number of rotatable bonds is 3. The summed E-state index contributed by atoms with van der Waals surface area (Å²) in [4.78, 5) is 10.7. The molecule has 266 valence electrons. The zero-order valence-corrected chi connectivity index (χ0v) is 31.2. The normalized spacial score (nSPS) is 17.3. The molecule has 2 atom stereocenters. The zero-order valence-electron chi connectivity index (χ0n) is 31.2. The monoisotopic (exact) mass is 726 g/mol. The van der Waals surface area contributed by atoms with Gasteiger partial charge in [-0.25, -0.2) is 9.97 Å². The Labute approximate surface area is 328 Å². The summed E-state index contributed by atoms with van der Waals surface area (Å²) in [6, 6.07) is 57.8. The van der Waals surface area contributed by atoms with Crippen molar-refractivity contribution in [1.29, 1.82) is 0 Å². The molecule has 0 N–H and O–H groups in total. The van der Waals surface area contributed by atoms with Crippen molar-refractivity contribution in [1.82, 2.24) is 19.1 Å². The van der Waals surface area contributed by atoms with E-state index < -0.39 is 0 Å². The Hall–Kier alpha value is -7.30. The van der Waals surface area contributed by atoms with Gasteiger partial charge in [0.25, 0.3) is 0 Å². The Balaban J connectivity index is 0.968. The third-order valence-corrected chi connectivity index (χ3v) is 12.9. The van der Waals surface area contributed by atoms with Crippen molar-refractivity contribution in [3.63, 3.8) is 0 Å². The van der Waals surface area contributed by atoms with Gasteiger partial charge in [-0.1, -0.05) is 115 Å². The van der Waals surface area contributed by atoms with Gasteiger partial charge in [0, 0.05) is 44.0 Å². The topological polar surface area (TPSA) is 35.6 Å². The Morgan fingerprint density at radius 3 is 1.82 bits per heavy atom. The van der Waals surface area contributed by atoms with Crippen LogP contribution in [-0.4, -0.2) is 19.1 Å². The number of allylic oxidation sites excluding steroid dienone is 4. The number of aromatic nitrogens is 4. The van der Waals surface area contributed by atoms with Crippen molar-refractivity contribution in [3.8, 4) is 22.8 Å². The van der Waals surface area contributed by atoms with Crippen LogP contribution in [0.3, 0.4) is 0 Å². The third kappa shape index (κ3) is 4.22. The van der Waals surface area contributed by atoms with Crippen molar-refractivity contribution < 1.29 is 0 Å². The molecule has 4 nitrogen and oxygen atoms in total. The fourth-order valence-electron chi connectivity index (χ4n) is 10.2. The fourth-order valence-corrected chi connectivity index (χ4v) is 10.2. The Morgan fingerprint density at radius 2 is 1.12 bits per heavy atom. The summed E-state index contributed by atoms with van der Waals surface area (Å²) in [7, 11) is 0. The van der Waals surface area contributed by atoms with Crippen LogP contribution in [-0.2, 0) is 5.41 Å². The van der Waals surface area contributed by atoms with Crippen molar-refractivity contribution in [2.45, 2.75) is 18.3 Å². The molecule has 0 spiro atoms. The number of nitrogens with zero attached hydrogens (tertiary/aromatic N) is 4.